The Hall–Kier alpha value is -2.73. The monoisotopic (exact) mass is 435 g/mol. The van der Waals surface area contributed by atoms with Gasteiger partial charge in [0.15, 0.2) is 17.7 Å². The first kappa shape index (κ1) is 22.0. The highest BCUT2D eigenvalue weighted by Crippen LogP contribution is 2.37. The maximum Gasteiger partial charge on any atom is 0.416 e. The van der Waals surface area contributed by atoms with Crippen LogP contribution >= 0.6 is 0 Å². The SMILES string of the molecule is CCCc1c[nH+]c(C=Cc2ccc(C(F)(F)F)cc2)c2cc3c(cc12)OCCO3.[Cl-]. The average molecular weight is 436 g/mol. The van der Waals surface area contributed by atoms with Gasteiger partial charge in [0.2, 0.25) is 5.69 Å². The molecule has 0 unspecified atom stereocenters. The van der Waals surface area contributed by atoms with E-state index in [2.05, 4.69) is 11.9 Å². The zero-order valence-electron chi connectivity index (χ0n) is 16.4. The fourth-order valence-corrected chi connectivity index (χ4v) is 3.47. The van der Waals surface area contributed by atoms with E-state index in [1.165, 1.54) is 17.7 Å². The third-order valence-electron chi connectivity index (χ3n) is 4.92. The van der Waals surface area contributed by atoms with Crippen LogP contribution in [0.5, 0.6) is 11.5 Å². The normalized spacial score (nSPS) is 13.5. The Morgan fingerprint density at radius 3 is 2.20 bits per heavy atom. The number of pyridine rings is 1. The van der Waals surface area contributed by atoms with Crippen molar-refractivity contribution in [2.24, 2.45) is 0 Å². The fourth-order valence-electron chi connectivity index (χ4n) is 3.47. The van der Waals surface area contributed by atoms with Crippen LogP contribution in [0.15, 0.2) is 42.6 Å². The molecule has 30 heavy (non-hydrogen) atoms. The van der Waals surface area contributed by atoms with Crippen LogP contribution in [0.2, 0.25) is 0 Å². The molecule has 158 valence electrons. The van der Waals surface area contributed by atoms with Gasteiger partial charge in [0, 0.05) is 17.0 Å². The highest BCUT2D eigenvalue weighted by Gasteiger charge is 2.29. The molecule has 0 bridgehead atoms. The molecule has 1 aliphatic rings. The molecule has 0 saturated heterocycles. The van der Waals surface area contributed by atoms with Crippen LogP contribution in [0, 0.1) is 0 Å². The Morgan fingerprint density at radius 2 is 1.60 bits per heavy atom. The summed E-state index contributed by atoms with van der Waals surface area (Å²) < 4.78 is 49.7. The summed E-state index contributed by atoms with van der Waals surface area (Å²) in [5.41, 5.74) is 2.08. The second kappa shape index (κ2) is 8.96. The van der Waals surface area contributed by atoms with E-state index in [1.807, 2.05) is 24.4 Å². The van der Waals surface area contributed by atoms with Crippen molar-refractivity contribution in [1.29, 1.82) is 0 Å². The fraction of sp³-hybridized carbons (Fsp3) is 0.261. The molecule has 4 rings (SSSR count). The van der Waals surface area contributed by atoms with Gasteiger partial charge in [-0.25, -0.2) is 4.98 Å². The third-order valence-corrected chi connectivity index (χ3v) is 4.92. The summed E-state index contributed by atoms with van der Waals surface area (Å²) in [6, 6.07) is 9.09. The standard InChI is InChI=1S/C23H20F3NO2.ClH/c1-2-3-16-14-27-20(9-6-15-4-7-17(8-5-15)23(24,25)26)19-13-22-21(12-18(16)19)28-10-11-29-22;/h4-9,12-14H,2-3,10-11H2,1H3;1H. The first-order chi connectivity index (χ1) is 14.0. The van der Waals surface area contributed by atoms with Crippen molar-refractivity contribution < 1.29 is 40.0 Å². The molecule has 1 aromatic heterocycles. The van der Waals surface area contributed by atoms with Gasteiger partial charge in [0.25, 0.3) is 0 Å². The third kappa shape index (κ3) is 4.54. The minimum absolute atomic E-state index is 0. The van der Waals surface area contributed by atoms with E-state index in [1.54, 1.807) is 6.08 Å². The van der Waals surface area contributed by atoms with Crippen molar-refractivity contribution in [1.82, 2.24) is 0 Å². The molecule has 1 aliphatic heterocycles. The molecule has 2 heterocycles. The Kier molecular flexibility index (Phi) is 6.56. The van der Waals surface area contributed by atoms with Gasteiger partial charge >= 0.3 is 6.18 Å². The summed E-state index contributed by atoms with van der Waals surface area (Å²) in [4.78, 5) is 3.31. The lowest BCUT2D eigenvalue weighted by Gasteiger charge is -2.19. The zero-order valence-corrected chi connectivity index (χ0v) is 17.1. The van der Waals surface area contributed by atoms with Gasteiger partial charge in [-0.15, -0.1) is 0 Å². The lowest BCUT2D eigenvalue weighted by atomic mass is 10.00. The van der Waals surface area contributed by atoms with Crippen LogP contribution in [0.25, 0.3) is 22.9 Å². The predicted octanol–water partition coefficient (Wildman–Crippen LogP) is 2.57. The zero-order chi connectivity index (χ0) is 20.4. The van der Waals surface area contributed by atoms with Gasteiger partial charge < -0.3 is 21.9 Å². The molecular weight excluding hydrogens is 415 g/mol. The number of aromatic amines is 1. The van der Waals surface area contributed by atoms with Gasteiger partial charge in [-0.05, 0) is 42.3 Å². The average Bonchev–Trinajstić information content (AvgIpc) is 2.72. The second-order valence-electron chi connectivity index (χ2n) is 6.97. The van der Waals surface area contributed by atoms with Gasteiger partial charge in [-0.3, -0.25) is 0 Å². The molecule has 3 aromatic rings. The van der Waals surface area contributed by atoms with E-state index in [0.717, 1.165) is 47.2 Å². The van der Waals surface area contributed by atoms with Crippen molar-refractivity contribution in [2.75, 3.05) is 13.2 Å². The number of ether oxygens (including phenoxy) is 2. The topological polar surface area (TPSA) is 32.6 Å². The van der Waals surface area contributed by atoms with Gasteiger partial charge in [-0.2, -0.15) is 13.2 Å². The molecule has 0 saturated carbocycles. The number of H-pyrrole nitrogens is 1. The Labute approximate surface area is 178 Å². The first-order valence-electron chi connectivity index (χ1n) is 9.58. The lowest BCUT2D eigenvalue weighted by Crippen LogP contribution is -3.00. The van der Waals surface area contributed by atoms with Crippen LogP contribution < -0.4 is 26.9 Å². The lowest BCUT2D eigenvalue weighted by molar-refractivity contribution is -0.379. The molecule has 2 aromatic carbocycles. The molecule has 3 nitrogen and oxygen atoms in total. The van der Waals surface area contributed by atoms with Crippen molar-refractivity contribution >= 4 is 22.9 Å². The van der Waals surface area contributed by atoms with E-state index in [0.29, 0.717) is 24.5 Å². The van der Waals surface area contributed by atoms with E-state index in [9.17, 15) is 13.2 Å². The number of halogens is 4. The Morgan fingerprint density at radius 1 is 0.967 bits per heavy atom. The van der Waals surface area contributed by atoms with Crippen molar-refractivity contribution in [3.63, 3.8) is 0 Å². The van der Waals surface area contributed by atoms with Crippen LogP contribution in [0.4, 0.5) is 13.2 Å². The highest BCUT2D eigenvalue weighted by atomic mass is 35.5. The van der Waals surface area contributed by atoms with Crippen molar-refractivity contribution in [3.05, 3.63) is 65.0 Å². The molecule has 7 heteroatoms. The number of rotatable bonds is 4. The summed E-state index contributed by atoms with van der Waals surface area (Å²) >= 11 is 0. The van der Waals surface area contributed by atoms with E-state index in [4.69, 9.17) is 9.47 Å². The van der Waals surface area contributed by atoms with E-state index in [-0.39, 0.29) is 12.4 Å². The van der Waals surface area contributed by atoms with Crippen LogP contribution in [-0.2, 0) is 12.6 Å². The molecule has 0 spiro atoms. The molecule has 0 aliphatic carbocycles. The summed E-state index contributed by atoms with van der Waals surface area (Å²) in [7, 11) is 0. The quantitative estimate of drug-likeness (QED) is 0.631. The number of aromatic nitrogens is 1. The Bertz CT molecular complexity index is 1060. The van der Waals surface area contributed by atoms with Crippen LogP contribution in [0.1, 0.15) is 35.7 Å². The van der Waals surface area contributed by atoms with Crippen molar-refractivity contribution in [2.45, 2.75) is 25.9 Å². The van der Waals surface area contributed by atoms with E-state index < -0.39 is 11.7 Å². The summed E-state index contributed by atoms with van der Waals surface area (Å²) in [6.07, 6.45) is 3.25. The molecule has 0 fully saturated rings. The van der Waals surface area contributed by atoms with Crippen LogP contribution in [0.3, 0.4) is 0 Å². The van der Waals surface area contributed by atoms with Crippen LogP contribution in [-0.4, -0.2) is 13.2 Å². The summed E-state index contributed by atoms with van der Waals surface area (Å²) in [5, 5.41) is 2.07. The van der Waals surface area contributed by atoms with Gasteiger partial charge in [0.1, 0.15) is 13.2 Å². The molecule has 0 radical (unpaired) electrons. The highest BCUT2D eigenvalue weighted by molar-refractivity contribution is 5.94. The minimum Gasteiger partial charge on any atom is -1.00 e. The number of nitrogens with one attached hydrogen (secondary N) is 1. The molecule has 1 N–H and O–H groups in total. The maximum atomic E-state index is 12.7. The summed E-state index contributed by atoms with van der Waals surface area (Å²) in [5.74, 6) is 1.44. The smallest absolute Gasteiger partial charge is 0.416 e. The molecule has 0 amide bonds. The number of aryl methyl sites for hydroxylation is 1. The number of alkyl halides is 3. The largest absolute Gasteiger partial charge is 1.00 e. The van der Waals surface area contributed by atoms with Gasteiger partial charge in [0.05, 0.1) is 10.9 Å². The number of hydrogen-bond acceptors (Lipinski definition) is 2. The number of hydrogen-bond donors (Lipinski definition) is 0. The number of fused-ring (bicyclic) bond motifs is 2. The second-order valence-corrected chi connectivity index (χ2v) is 6.97. The number of benzene rings is 2. The van der Waals surface area contributed by atoms with E-state index >= 15 is 0 Å². The molecular formula is C23H21ClF3NO2. The predicted molar refractivity (Wildman–Crippen MR) is 106 cm³/mol. The molecule has 0 atom stereocenters. The Balaban J connectivity index is 0.00000256. The van der Waals surface area contributed by atoms with Crippen molar-refractivity contribution in [3.8, 4) is 11.5 Å². The maximum absolute atomic E-state index is 12.7. The first-order valence-corrected chi connectivity index (χ1v) is 9.58. The van der Waals surface area contributed by atoms with Gasteiger partial charge in [-0.1, -0.05) is 25.5 Å². The summed E-state index contributed by atoms with van der Waals surface area (Å²) in [6.45, 7) is 3.16. The minimum atomic E-state index is -4.33.